The second kappa shape index (κ2) is 10.3. The summed E-state index contributed by atoms with van der Waals surface area (Å²) in [6.07, 6.45) is 3.50. The summed E-state index contributed by atoms with van der Waals surface area (Å²) in [4.78, 5) is 12.7. The first-order valence-corrected chi connectivity index (χ1v) is 13.9. The Morgan fingerprint density at radius 3 is 2.36 bits per heavy atom. The van der Waals surface area contributed by atoms with Gasteiger partial charge in [-0.15, -0.1) is 0 Å². The number of anilines is 2. The average molecular weight is 516 g/mol. The topological polar surface area (TPSA) is 113 Å². The van der Waals surface area contributed by atoms with Gasteiger partial charge in [-0.05, 0) is 43.2 Å². The Morgan fingerprint density at radius 1 is 1.09 bits per heavy atom. The lowest BCUT2D eigenvalue weighted by molar-refractivity contribution is -0.114. The Kier molecular flexibility index (Phi) is 7.88. The van der Waals surface area contributed by atoms with Crippen LogP contribution in [0.25, 0.3) is 0 Å². The predicted molar refractivity (Wildman–Crippen MR) is 128 cm³/mol. The maximum absolute atomic E-state index is 13.2. The molecule has 9 nitrogen and oxygen atoms in total. The molecule has 1 N–H and O–H groups in total. The van der Waals surface area contributed by atoms with E-state index < -0.39 is 32.5 Å². The molecule has 0 radical (unpaired) electrons. The molecule has 0 bridgehead atoms. The van der Waals surface area contributed by atoms with E-state index >= 15 is 0 Å². The third kappa shape index (κ3) is 5.97. The van der Waals surface area contributed by atoms with Crippen molar-refractivity contribution in [3.05, 3.63) is 47.5 Å². The van der Waals surface area contributed by atoms with Crippen molar-refractivity contribution in [3.63, 3.8) is 0 Å². The fourth-order valence-corrected chi connectivity index (χ4v) is 6.42. The van der Waals surface area contributed by atoms with Crippen LogP contribution in [0.2, 0.25) is 5.02 Å². The first-order valence-electron chi connectivity index (χ1n) is 10.2. The van der Waals surface area contributed by atoms with Gasteiger partial charge in [0.25, 0.3) is 0 Å². The summed E-state index contributed by atoms with van der Waals surface area (Å²) >= 11 is 6.12. The second-order valence-electron chi connectivity index (χ2n) is 7.60. The van der Waals surface area contributed by atoms with E-state index in [2.05, 4.69) is 5.32 Å². The zero-order valence-corrected chi connectivity index (χ0v) is 20.7. The van der Waals surface area contributed by atoms with Crippen molar-refractivity contribution >= 4 is 48.9 Å². The van der Waals surface area contributed by atoms with Gasteiger partial charge in [-0.25, -0.2) is 16.8 Å². The van der Waals surface area contributed by atoms with Crippen molar-refractivity contribution in [2.45, 2.75) is 24.2 Å². The minimum absolute atomic E-state index is 0.0595. The monoisotopic (exact) mass is 515 g/mol. The zero-order valence-electron chi connectivity index (χ0n) is 18.3. The summed E-state index contributed by atoms with van der Waals surface area (Å²) in [5, 5.41) is 2.75. The van der Waals surface area contributed by atoms with E-state index in [1.54, 1.807) is 12.1 Å². The highest BCUT2D eigenvalue weighted by Gasteiger charge is 2.29. The standard InChI is InChI=1S/C21H26ClN3O6S2/c1-31-19-11-10-16(14-20(19)33(29,30)24-12-6-3-7-13-24)23-21(26)15-25(32(2,27)28)18-9-5-4-8-17(18)22/h4-5,8-11,14H,3,6-7,12-13,15H2,1-2H3,(H,23,26). The molecule has 180 valence electrons. The molecule has 1 amide bonds. The third-order valence-electron chi connectivity index (χ3n) is 5.19. The Labute approximate surface area is 199 Å². The molecule has 33 heavy (non-hydrogen) atoms. The summed E-state index contributed by atoms with van der Waals surface area (Å²) in [7, 11) is -6.27. The van der Waals surface area contributed by atoms with Crippen LogP contribution in [0.3, 0.4) is 0 Å². The summed E-state index contributed by atoms with van der Waals surface area (Å²) in [6.45, 7) is 0.301. The zero-order chi connectivity index (χ0) is 24.2. The minimum Gasteiger partial charge on any atom is -0.495 e. The van der Waals surface area contributed by atoms with Gasteiger partial charge >= 0.3 is 0 Å². The quantitative estimate of drug-likeness (QED) is 0.578. The lowest BCUT2D eigenvalue weighted by Crippen LogP contribution is -2.37. The molecule has 12 heteroatoms. The van der Waals surface area contributed by atoms with E-state index in [0.717, 1.165) is 29.8 Å². The van der Waals surface area contributed by atoms with Crippen LogP contribution in [0.5, 0.6) is 5.75 Å². The molecule has 1 aliphatic rings. The fourth-order valence-electron chi connectivity index (χ4n) is 3.57. The maximum Gasteiger partial charge on any atom is 0.246 e. The number of nitrogens with one attached hydrogen (secondary N) is 1. The molecule has 0 aromatic heterocycles. The van der Waals surface area contributed by atoms with Crippen LogP contribution in [-0.4, -0.2) is 60.0 Å². The van der Waals surface area contributed by atoms with Gasteiger partial charge in [0.1, 0.15) is 17.2 Å². The van der Waals surface area contributed by atoms with Crippen LogP contribution >= 0.6 is 11.6 Å². The first-order chi connectivity index (χ1) is 15.5. The number of piperidine rings is 1. The number of benzene rings is 2. The van der Waals surface area contributed by atoms with Gasteiger partial charge in [-0.2, -0.15) is 4.31 Å². The smallest absolute Gasteiger partial charge is 0.246 e. The molecular weight excluding hydrogens is 490 g/mol. The summed E-state index contributed by atoms with van der Waals surface area (Å²) in [5.74, 6) is -0.501. The lowest BCUT2D eigenvalue weighted by atomic mass is 10.2. The van der Waals surface area contributed by atoms with Gasteiger partial charge in [-0.3, -0.25) is 9.10 Å². The number of hydrogen-bond donors (Lipinski definition) is 1. The number of rotatable bonds is 8. The minimum atomic E-state index is -3.82. The Bertz CT molecular complexity index is 1230. The highest BCUT2D eigenvalue weighted by molar-refractivity contribution is 7.92. The molecule has 1 saturated heterocycles. The van der Waals surface area contributed by atoms with Crippen molar-refractivity contribution in [2.24, 2.45) is 0 Å². The van der Waals surface area contributed by atoms with Crippen molar-refractivity contribution in [3.8, 4) is 5.75 Å². The molecule has 0 aliphatic carbocycles. The molecule has 3 rings (SSSR count). The molecule has 2 aromatic rings. The van der Waals surface area contributed by atoms with E-state index in [0.29, 0.717) is 13.1 Å². The number of halogens is 1. The van der Waals surface area contributed by atoms with Crippen LogP contribution in [0.15, 0.2) is 47.4 Å². The molecule has 0 spiro atoms. The molecular formula is C21H26ClN3O6S2. The number of sulfonamides is 2. The Balaban J connectivity index is 1.86. The normalized spacial score (nSPS) is 15.1. The lowest BCUT2D eigenvalue weighted by Gasteiger charge is -2.27. The average Bonchev–Trinajstić information content (AvgIpc) is 2.78. The summed E-state index contributed by atoms with van der Waals surface area (Å²) in [6, 6.07) is 10.5. The van der Waals surface area contributed by atoms with Gasteiger partial charge in [-0.1, -0.05) is 30.2 Å². The number of amides is 1. The SMILES string of the molecule is COc1ccc(NC(=O)CN(c2ccccc2Cl)S(C)(=O)=O)cc1S(=O)(=O)N1CCCCC1. The predicted octanol–water partition coefficient (Wildman–Crippen LogP) is 2.93. The highest BCUT2D eigenvalue weighted by atomic mass is 35.5. The fraction of sp³-hybridized carbons (Fsp3) is 0.381. The van der Waals surface area contributed by atoms with Crippen molar-refractivity contribution in [1.29, 1.82) is 0 Å². The van der Waals surface area contributed by atoms with E-state index in [1.807, 2.05) is 0 Å². The van der Waals surface area contributed by atoms with Crippen LogP contribution in [0, 0.1) is 0 Å². The van der Waals surface area contributed by atoms with Crippen LogP contribution in [-0.2, 0) is 24.8 Å². The van der Waals surface area contributed by atoms with Gasteiger partial charge in [0.05, 0.1) is 24.1 Å². The van der Waals surface area contributed by atoms with Crippen molar-refractivity contribution in [1.82, 2.24) is 4.31 Å². The van der Waals surface area contributed by atoms with Gasteiger partial charge in [0.15, 0.2) is 0 Å². The third-order valence-corrected chi connectivity index (χ3v) is 8.55. The molecule has 0 atom stereocenters. The van der Waals surface area contributed by atoms with Crippen LogP contribution < -0.4 is 14.4 Å². The Hall–Kier alpha value is -2.34. The van der Waals surface area contributed by atoms with E-state index in [9.17, 15) is 21.6 Å². The number of carbonyl (C=O) groups is 1. The van der Waals surface area contributed by atoms with Gasteiger partial charge < -0.3 is 10.1 Å². The van der Waals surface area contributed by atoms with Gasteiger partial charge in [0.2, 0.25) is 26.0 Å². The molecule has 1 aliphatic heterocycles. The summed E-state index contributed by atoms with van der Waals surface area (Å²) < 4.78 is 58.5. The van der Waals surface area contributed by atoms with Crippen molar-refractivity contribution < 1.29 is 26.4 Å². The van der Waals surface area contributed by atoms with Crippen LogP contribution in [0.4, 0.5) is 11.4 Å². The van der Waals surface area contributed by atoms with E-state index in [1.165, 1.54) is 41.7 Å². The summed E-state index contributed by atoms with van der Waals surface area (Å²) in [5.41, 5.74) is 0.365. The number of hydrogen-bond acceptors (Lipinski definition) is 6. The highest BCUT2D eigenvalue weighted by Crippen LogP contribution is 2.31. The van der Waals surface area contributed by atoms with Crippen LogP contribution in [0.1, 0.15) is 19.3 Å². The van der Waals surface area contributed by atoms with E-state index in [-0.39, 0.29) is 27.0 Å². The van der Waals surface area contributed by atoms with Gasteiger partial charge in [0, 0.05) is 18.8 Å². The number of ether oxygens (including phenoxy) is 1. The number of nitrogens with zero attached hydrogens (tertiary/aromatic N) is 2. The molecule has 0 unspecified atom stereocenters. The maximum atomic E-state index is 13.2. The Morgan fingerprint density at radius 2 is 1.76 bits per heavy atom. The molecule has 1 fully saturated rings. The number of carbonyl (C=O) groups excluding carboxylic acids is 1. The number of para-hydroxylation sites is 1. The largest absolute Gasteiger partial charge is 0.495 e. The first kappa shape index (κ1) is 25.3. The molecule has 1 heterocycles. The van der Waals surface area contributed by atoms with Crippen molar-refractivity contribution in [2.75, 3.05) is 42.6 Å². The molecule has 2 aromatic carbocycles. The van der Waals surface area contributed by atoms with E-state index in [4.69, 9.17) is 16.3 Å². The number of methoxy groups -OCH3 is 1. The second-order valence-corrected chi connectivity index (χ2v) is 11.8. The molecule has 0 saturated carbocycles.